The van der Waals surface area contributed by atoms with E-state index >= 15 is 0 Å². The third-order valence-electron chi connectivity index (χ3n) is 4.28. The van der Waals surface area contributed by atoms with Gasteiger partial charge in [0.2, 0.25) is 0 Å². The maximum atomic E-state index is 5.93. The minimum atomic E-state index is 0.577. The van der Waals surface area contributed by atoms with Crippen molar-refractivity contribution in [1.82, 2.24) is 0 Å². The van der Waals surface area contributed by atoms with Crippen molar-refractivity contribution in [1.29, 1.82) is 0 Å². The number of aryl methyl sites for hydroxylation is 1. The summed E-state index contributed by atoms with van der Waals surface area (Å²) in [5.74, 6) is 1.78. The molecule has 2 heteroatoms. The molecule has 2 aliphatic heterocycles. The number of fused-ring (bicyclic) bond motifs is 2. The zero-order valence-corrected chi connectivity index (χ0v) is 9.89. The molecule has 86 valence electrons. The average molecular weight is 216 g/mol. The Labute approximate surface area is 97.4 Å². The van der Waals surface area contributed by atoms with Crippen LogP contribution in [-0.4, -0.2) is 19.1 Å². The van der Waals surface area contributed by atoms with Gasteiger partial charge in [0.05, 0.1) is 0 Å². The molecular weight excluding hydrogens is 196 g/mol. The van der Waals surface area contributed by atoms with Crippen molar-refractivity contribution in [2.75, 3.05) is 18.0 Å². The first-order valence-corrected chi connectivity index (χ1v) is 6.31. The summed E-state index contributed by atoms with van der Waals surface area (Å²) in [5, 5.41) is 0. The topological polar surface area (TPSA) is 29.3 Å². The Balaban J connectivity index is 1.85. The number of benzene rings is 1. The highest BCUT2D eigenvalue weighted by molar-refractivity contribution is 5.50. The minimum Gasteiger partial charge on any atom is -0.367 e. The summed E-state index contributed by atoms with van der Waals surface area (Å²) >= 11 is 0. The molecule has 3 fully saturated rings. The van der Waals surface area contributed by atoms with Gasteiger partial charge in [-0.1, -0.05) is 17.7 Å². The molecule has 1 aliphatic carbocycles. The van der Waals surface area contributed by atoms with E-state index in [1.165, 1.54) is 30.6 Å². The average Bonchev–Trinajstić information content (AvgIpc) is 2.28. The van der Waals surface area contributed by atoms with Crippen LogP contribution in [0.15, 0.2) is 24.3 Å². The van der Waals surface area contributed by atoms with Crippen LogP contribution in [0.25, 0.3) is 0 Å². The standard InChI is InChI=1S/C14H20N2/c1-10-2-4-13(5-3-10)16-9-11-6-12(7-11)14(16)8-15/h2-5,11-12,14H,6-9,15H2,1H3. The smallest absolute Gasteiger partial charge is 0.0440 e. The summed E-state index contributed by atoms with van der Waals surface area (Å²) in [7, 11) is 0. The lowest BCUT2D eigenvalue weighted by molar-refractivity contribution is 0.114. The number of piperidine rings is 2. The number of nitrogens with zero attached hydrogens (tertiary/aromatic N) is 1. The van der Waals surface area contributed by atoms with Crippen LogP contribution in [0.4, 0.5) is 5.69 Å². The van der Waals surface area contributed by atoms with E-state index in [4.69, 9.17) is 5.73 Å². The molecule has 2 N–H and O–H groups in total. The molecule has 2 nitrogen and oxygen atoms in total. The van der Waals surface area contributed by atoms with Crippen molar-refractivity contribution in [2.45, 2.75) is 25.8 Å². The highest BCUT2D eigenvalue weighted by Crippen LogP contribution is 2.44. The van der Waals surface area contributed by atoms with E-state index in [-0.39, 0.29) is 0 Å². The third kappa shape index (κ3) is 1.52. The van der Waals surface area contributed by atoms with Crippen LogP contribution in [0.1, 0.15) is 18.4 Å². The van der Waals surface area contributed by atoms with Crippen molar-refractivity contribution in [3.63, 3.8) is 0 Å². The van der Waals surface area contributed by atoms with Gasteiger partial charge in [0.15, 0.2) is 0 Å². The molecule has 1 aromatic rings. The number of anilines is 1. The summed E-state index contributed by atoms with van der Waals surface area (Å²) in [6.07, 6.45) is 2.81. The molecule has 1 saturated carbocycles. The van der Waals surface area contributed by atoms with Gasteiger partial charge in [-0.15, -0.1) is 0 Å². The lowest BCUT2D eigenvalue weighted by Gasteiger charge is -2.54. The molecule has 1 aromatic carbocycles. The zero-order chi connectivity index (χ0) is 11.1. The fourth-order valence-corrected chi connectivity index (χ4v) is 3.27. The van der Waals surface area contributed by atoms with E-state index in [0.29, 0.717) is 6.04 Å². The van der Waals surface area contributed by atoms with Gasteiger partial charge in [-0.2, -0.15) is 0 Å². The number of rotatable bonds is 2. The van der Waals surface area contributed by atoms with Crippen LogP contribution < -0.4 is 10.6 Å². The SMILES string of the molecule is Cc1ccc(N2CC3CC(C3)C2CN)cc1. The zero-order valence-electron chi connectivity index (χ0n) is 9.89. The summed E-state index contributed by atoms with van der Waals surface area (Å²) in [5.41, 5.74) is 8.62. The lowest BCUT2D eigenvalue weighted by atomic mass is 9.66. The van der Waals surface area contributed by atoms with Crippen LogP contribution in [0, 0.1) is 18.8 Å². The van der Waals surface area contributed by atoms with Gasteiger partial charge >= 0.3 is 0 Å². The Bertz CT molecular complexity index is 365. The number of nitrogens with two attached hydrogens (primary N) is 1. The first kappa shape index (κ1) is 10.2. The quantitative estimate of drug-likeness (QED) is 0.821. The maximum Gasteiger partial charge on any atom is 0.0440 e. The van der Waals surface area contributed by atoms with E-state index in [1.807, 2.05) is 0 Å². The fourth-order valence-electron chi connectivity index (χ4n) is 3.27. The Kier molecular flexibility index (Phi) is 2.40. The Hall–Kier alpha value is -1.02. The second kappa shape index (κ2) is 3.77. The molecule has 2 heterocycles. The molecular formula is C14H20N2. The highest BCUT2D eigenvalue weighted by Gasteiger charge is 2.43. The molecule has 2 saturated heterocycles. The summed E-state index contributed by atoms with van der Waals surface area (Å²) < 4.78 is 0. The molecule has 16 heavy (non-hydrogen) atoms. The van der Waals surface area contributed by atoms with Crippen molar-refractivity contribution >= 4 is 5.69 Å². The van der Waals surface area contributed by atoms with Gasteiger partial charge in [0, 0.05) is 24.8 Å². The first-order valence-electron chi connectivity index (χ1n) is 6.31. The second-order valence-corrected chi connectivity index (χ2v) is 5.39. The van der Waals surface area contributed by atoms with Gasteiger partial charge in [0.1, 0.15) is 0 Å². The Morgan fingerprint density at radius 1 is 1.25 bits per heavy atom. The Morgan fingerprint density at radius 2 is 1.94 bits per heavy atom. The second-order valence-electron chi connectivity index (χ2n) is 5.39. The maximum absolute atomic E-state index is 5.93. The van der Waals surface area contributed by atoms with Gasteiger partial charge in [-0.25, -0.2) is 0 Å². The largest absolute Gasteiger partial charge is 0.367 e. The fraction of sp³-hybridized carbons (Fsp3) is 0.571. The lowest BCUT2D eigenvalue weighted by Crippen LogP contribution is -2.58. The first-order chi connectivity index (χ1) is 7.78. The highest BCUT2D eigenvalue weighted by atomic mass is 15.2. The third-order valence-corrected chi connectivity index (χ3v) is 4.28. The minimum absolute atomic E-state index is 0.577. The number of hydrogen-bond donors (Lipinski definition) is 1. The van der Waals surface area contributed by atoms with Crippen molar-refractivity contribution in [3.05, 3.63) is 29.8 Å². The monoisotopic (exact) mass is 216 g/mol. The van der Waals surface area contributed by atoms with Crippen LogP contribution >= 0.6 is 0 Å². The van der Waals surface area contributed by atoms with E-state index in [0.717, 1.165) is 18.4 Å². The predicted octanol–water partition coefficient (Wildman–Crippen LogP) is 2.17. The van der Waals surface area contributed by atoms with Crippen LogP contribution in [0.3, 0.4) is 0 Å². The van der Waals surface area contributed by atoms with Crippen molar-refractivity contribution < 1.29 is 0 Å². The summed E-state index contributed by atoms with van der Waals surface area (Å²) in [4.78, 5) is 2.53. The summed E-state index contributed by atoms with van der Waals surface area (Å²) in [6.45, 7) is 4.14. The molecule has 0 spiro atoms. The van der Waals surface area contributed by atoms with Gasteiger partial charge in [0.25, 0.3) is 0 Å². The molecule has 0 radical (unpaired) electrons. The van der Waals surface area contributed by atoms with E-state index in [1.54, 1.807) is 0 Å². The van der Waals surface area contributed by atoms with Crippen LogP contribution in [0.2, 0.25) is 0 Å². The number of hydrogen-bond acceptors (Lipinski definition) is 2. The van der Waals surface area contributed by atoms with E-state index in [2.05, 4.69) is 36.1 Å². The molecule has 0 aromatic heterocycles. The normalized spacial score (nSPS) is 32.4. The van der Waals surface area contributed by atoms with Crippen LogP contribution in [-0.2, 0) is 0 Å². The predicted molar refractivity (Wildman–Crippen MR) is 67.6 cm³/mol. The van der Waals surface area contributed by atoms with E-state index in [9.17, 15) is 0 Å². The molecule has 3 aliphatic rings. The molecule has 1 unspecified atom stereocenters. The van der Waals surface area contributed by atoms with Gasteiger partial charge in [-0.05, 0) is 43.7 Å². The molecule has 4 rings (SSSR count). The Morgan fingerprint density at radius 3 is 2.56 bits per heavy atom. The van der Waals surface area contributed by atoms with Crippen LogP contribution in [0.5, 0.6) is 0 Å². The van der Waals surface area contributed by atoms with Gasteiger partial charge < -0.3 is 10.6 Å². The molecule has 2 bridgehead atoms. The molecule has 0 amide bonds. The van der Waals surface area contributed by atoms with Crippen molar-refractivity contribution in [2.24, 2.45) is 17.6 Å². The summed E-state index contributed by atoms with van der Waals surface area (Å²) in [6, 6.07) is 9.45. The molecule has 1 atom stereocenters. The van der Waals surface area contributed by atoms with Crippen molar-refractivity contribution in [3.8, 4) is 0 Å². The van der Waals surface area contributed by atoms with Gasteiger partial charge in [-0.3, -0.25) is 0 Å². The van der Waals surface area contributed by atoms with E-state index < -0.39 is 0 Å².